The van der Waals surface area contributed by atoms with Gasteiger partial charge >= 0.3 is 5.97 Å². The van der Waals surface area contributed by atoms with Gasteiger partial charge in [-0.05, 0) is 25.2 Å². The van der Waals surface area contributed by atoms with E-state index < -0.39 is 5.97 Å². The second-order valence-electron chi connectivity index (χ2n) is 4.85. The third-order valence-electron chi connectivity index (χ3n) is 2.37. The van der Waals surface area contributed by atoms with Gasteiger partial charge in [0, 0.05) is 6.42 Å². The zero-order chi connectivity index (χ0) is 11.4. The number of carbonyl (C=O) groups is 2. The Balaban J connectivity index is 4.13. The first kappa shape index (κ1) is 13.1. The fraction of sp³-hybridized carbons (Fsp3) is 0.818. The molecule has 0 aliphatic carbocycles. The van der Waals surface area contributed by atoms with Crippen LogP contribution >= 0.6 is 0 Å². The van der Waals surface area contributed by atoms with Gasteiger partial charge in [-0.15, -0.1) is 0 Å². The number of carboxylic acid groups (broad SMARTS) is 1. The van der Waals surface area contributed by atoms with E-state index in [0.29, 0.717) is 19.3 Å². The summed E-state index contributed by atoms with van der Waals surface area (Å²) < 4.78 is 0. The SMILES string of the molecule is CC(=O)CCCC(C(=O)O)C(C)(C)C. The lowest BCUT2D eigenvalue weighted by Crippen LogP contribution is -2.28. The Kier molecular flexibility index (Phi) is 4.81. The maximum atomic E-state index is 10.9. The molecule has 0 spiro atoms. The highest BCUT2D eigenvalue weighted by atomic mass is 16.4. The summed E-state index contributed by atoms with van der Waals surface area (Å²) in [4.78, 5) is 21.6. The van der Waals surface area contributed by atoms with Gasteiger partial charge in [-0.25, -0.2) is 0 Å². The molecule has 0 aliphatic heterocycles. The van der Waals surface area contributed by atoms with Gasteiger partial charge < -0.3 is 9.90 Å². The van der Waals surface area contributed by atoms with Gasteiger partial charge in [-0.1, -0.05) is 20.8 Å². The molecule has 14 heavy (non-hydrogen) atoms. The predicted molar refractivity (Wildman–Crippen MR) is 55.1 cm³/mol. The minimum absolute atomic E-state index is 0.128. The number of carbonyl (C=O) groups excluding carboxylic acids is 1. The monoisotopic (exact) mass is 200 g/mol. The minimum Gasteiger partial charge on any atom is -0.481 e. The van der Waals surface area contributed by atoms with Crippen molar-refractivity contribution in [1.82, 2.24) is 0 Å². The molecule has 0 aromatic heterocycles. The summed E-state index contributed by atoms with van der Waals surface area (Å²) in [6, 6.07) is 0. The highest BCUT2D eigenvalue weighted by Crippen LogP contribution is 2.30. The van der Waals surface area contributed by atoms with E-state index in [2.05, 4.69) is 0 Å². The van der Waals surface area contributed by atoms with E-state index in [1.54, 1.807) is 0 Å². The summed E-state index contributed by atoms with van der Waals surface area (Å²) in [6.45, 7) is 7.28. The van der Waals surface area contributed by atoms with E-state index in [-0.39, 0.29) is 17.1 Å². The van der Waals surface area contributed by atoms with Gasteiger partial charge in [-0.3, -0.25) is 4.79 Å². The Labute approximate surface area is 85.5 Å². The molecule has 0 aromatic carbocycles. The van der Waals surface area contributed by atoms with Gasteiger partial charge in [0.05, 0.1) is 5.92 Å². The molecule has 0 saturated heterocycles. The normalized spacial score (nSPS) is 13.7. The Morgan fingerprint density at radius 2 is 1.79 bits per heavy atom. The first-order valence-electron chi connectivity index (χ1n) is 4.97. The van der Waals surface area contributed by atoms with Crippen molar-refractivity contribution in [2.45, 2.75) is 47.0 Å². The molecule has 0 rings (SSSR count). The third-order valence-corrected chi connectivity index (χ3v) is 2.37. The van der Waals surface area contributed by atoms with Gasteiger partial charge in [0.15, 0.2) is 0 Å². The maximum absolute atomic E-state index is 10.9. The summed E-state index contributed by atoms with van der Waals surface area (Å²) in [5.41, 5.74) is -0.234. The van der Waals surface area contributed by atoms with Crippen molar-refractivity contribution in [3.05, 3.63) is 0 Å². The van der Waals surface area contributed by atoms with Gasteiger partial charge in [-0.2, -0.15) is 0 Å². The molecule has 0 saturated carbocycles. The predicted octanol–water partition coefficient (Wildman–Crippen LogP) is 2.49. The molecular formula is C11H20O3. The van der Waals surface area contributed by atoms with Crippen LogP contribution in [0.25, 0.3) is 0 Å². The number of hydrogen-bond donors (Lipinski definition) is 1. The maximum Gasteiger partial charge on any atom is 0.307 e. The third kappa shape index (κ3) is 5.00. The second kappa shape index (κ2) is 5.13. The number of rotatable bonds is 5. The molecule has 1 unspecified atom stereocenters. The molecule has 3 nitrogen and oxygen atoms in total. The first-order chi connectivity index (χ1) is 6.25. The van der Waals surface area contributed by atoms with Crippen LogP contribution in [0.2, 0.25) is 0 Å². The molecule has 0 heterocycles. The van der Waals surface area contributed by atoms with Crippen molar-refractivity contribution in [3.8, 4) is 0 Å². The fourth-order valence-corrected chi connectivity index (χ4v) is 1.48. The van der Waals surface area contributed by atoms with Crippen LogP contribution in [0.3, 0.4) is 0 Å². The second-order valence-corrected chi connectivity index (χ2v) is 4.85. The molecule has 1 N–H and O–H groups in total. The smallest absolute Gasteiger partial charge is 0.307 e. The van der Waals surface area contributed by atoms with Crippen LogP contribution in [0.5, 0.6) is 0 Å². The van der Waals surface area contributed by atoms with Crippen LogP contribution in [0.1, 0.15) is 47.0 Å². The van der Waals surface area contributed by atoms with Crippen LogP contribution in [0.4, 0.5) is 0 Å². The highest BCUT2D eigenvalue weighted by molar-refractivity contribution is 5.75. The Bertz CT molecular complexity index is 213. The summed E-state index contributed by atoms with van der Waals surface area (Å²) in [5, 5.41) is 8.99. The molecule has 0 fully saturated rings. The number of aliphatic carboxylic acids is 1. The molecule has 3 heteroatoms. The van der Waals surface area contributed by atoms with Crippen LogP contribution < -0.4 is 0 Å². The van der Waals surface area contributed by atoms with Crippen LogP contribution in [0.15, 0.2) is 0 Å². The van der Waals surface area contributed by atoms with Gasteiger partial charge in [0.1, 0.15) is 5.78 Å². The van der Waals surface area contributed by atoms with Crippen LogP contribution in [-0.2, 0) is 9.59 Å². The Hall–Kier alpha value is -0.860. The summed E-state index contributed by atoms with van der Waals surface area (Å²) in [5.74, 6) is -0.994. The zero-order valence-corrected chi connectivity index (χ0v) is 9.46. The van der Waals surface area contributed by atoms with Crippen LogP contribution in [0, 0.1) is 11.3 Å². The molecule has 0 aliphatic rings. The number of carboxylic acids is 1. The van der Waals surface area contributed by atoms with E-state index in [9.17, 15) is 9.59 Å². The lowest BCUT2D eigenvalue weighted by molar-refractivity contribution is -0.146. The standard InChI is InChI=1S/C11H20O3/c1-8(12)6-5-7-9(10(13)14)11(2,3)4/h9H,5-7H2,1-4H3,(H,13,14). The van der Waals surface area contributed by atoms with E-state index >= 15 is 0 Å². The van der Waals surface area contributed by atoms with E-state index in [4.69, 9.17) is 5.11 Å². The van der Waals surface area contributed by atoms with Crippen molar-refractivity contribution in [3.63, 3.8) is 0 Å². The molecular weight excluding hydrogens is 180 g/mol. The van der Waals surface area contributed by atoms with Crippen molar-refractivity contribution >= 4 is 11.8 Å². The summed E-state index contributed by atoms with van der Waals surface area (Å²) in [7, 11) is 0. The number of hydrogen-bond acceptors (Lipinski definition) is 2. The van der Waals surface area contributed by atoms with Crippen molar-refractivity contribution < 1.29 is 14.7 Å². The van der Waals surface area contributed by atoms with Crippen molar-refractivity contribution in [1.29, 1.82) is 0 Å². The fourth-order valence-electron chi connectivity index (χ4n) is 1.48. The largest absolute Gasteiger partial charge is 0.481 e. The van der Waals surface area contributed by atoms with E-state index in [1.165, 1.54) is 6.92 Å². The minimum atomic E-state index is -0.763. The molecule has 0 bridgehead atoms. The quantitative estimate of drug-likeness (QED) is 0.741. The highest BCUT2D eigenvalue weighted by Gasteiger charge is 2.30. The average molecular weight is 200 g/mol. The van der Waals surface area contributed by atoms with Crippen LogP contribution in [-0.4, -0.2) is 16.9 Å². The van der Waals surface area contributed by atoms with Crippen molar-refractivity contribution in [2.24, 2.45) is 11.3 Å². The molecule has 0 aromatic rings. The van der Waals surface area contributed by atoms with Gasteiger partial charge in [0.2, 0.25) is 0 Å². The topological polar surface area (TPSA) is 54.4 Å². The number of ketones is 1. The molecule has 82 valence electrons. The van der Waals surface area contributed by atoms with Crippen molar-refractivity contribution in [2.75, 3.05) is 0 Å². The molecule has 1 atom stereocenters. The Morgan fingerprint density at radius 3 is 2.07 bits per heavy atom. The number of Topliss-reactive ketones (excluding diaryl/α,β-unsaturated/α-hetero) is 1. The lowest BCUT2D eigenvalue weighted by Gasteiger charge is -2.26. The lowest BCUT2D eigenvalue weighted by atomic mass is 9.78. The summed E-state index contributed by atoms with van der Waals surface area (Å²) >= 11 is 0. The zero-order valence-electron chi connectivity index (χ0n) is 9.46. The van der Waals surface area contributed by atoms with E-state index in [0.717, 1.165) is 0 Å². The molecule has 0 radical (unpaired) electrons. The average Bonchev–Trinajstić information content (AvgIpc) is 1.94. The first-order valence-corrected chi connectivity index (χ1v) is 4.97. The molecule has 0 amide bonds. The summed E-state index contributed by atoms with van der Waals surface area (Å²) in [6.07, 6.45) is 1.74. The van der Waals surface area contributed by atoms with E-state index in [1.807, 2.05) is 20.8 Å². The Morgan fingerprint density at radius 1 is 1.29 bits per heavy atom. The van der Waals surface area contributed by atoms with Gasteiger partial charge in [0.25, 0.3) is 0 Å².